The Hall–Kier alpha value is -3.22. The molecular weight excluding hydrogens is 962 g/mol. The molecule has 1 saturated carbocycles. The standard InChI is InChI=1S/C55H88NO16P/c1-13-68-73(64,69-14-2)72-45-26-24-41(31-48(45)66-11)30-37(6)47-33-44(57)36(5)29-39(8)50(59)51(67-12)49(58)38(7)28-34(3)20-16-15-17-21-35(4)46(65-10)32-42-25-23-40(9)55(63,71-42)52(60)53(61)56-27-19-18-22-43(56)54(62)70-47/h15-17,20-21,29,34,36-38,40-43,45-48,50-51,59,63H,13-14,18-19,22-28,30-33H2,1-12H3/t34-,36-,37-,38-,40-,41?,42+,43?,45-,46+,47?,48-,50-,51+,55-/m1/s1. The van der Waals surface area contributed by atoms with Gasteiger partial charge in [0.25, 0.3) is 11.7 Å². The number of nitrogens with zero attached hydrogens (tertiary/aromatic N) is 1. The highest BCUT2D eigenvalue weighted by Gasteiger charge is 2.53. The number of phosphoric acid groups is 1. The molecule has 3 fully saturated rings. The van der Waals surface area contributed by atoms with Gasteiger partial charge in [-0.3, -0.25) is 32.7 Å². The first-order valence-corrected chi connectivity index (χ1v) is 28.1. The summed E-state index contributed by atoms with van der Waals surface area (Å²) in [7, 11) is 0.650. The van der Waals surface area contributed by atoms with Crippen molar-refractivity contribution in [2.24, 2.45) is 35.5 Å². The second kappa shape index (κ2) is 29.3. The van der Waals surface area contributed by atoms with Gasteiger partial charge in [-0.25, -0.2) is 9.36 Å². The second-order valence-corrected chi connectivity index (χ2v) is 22.6. The van der Waals surface area contributed by atoms with Crippen LogP contribution in [-0.4, -0.2) is 140 Å². The summed E-state index contributed by atoms with van der Waals surface area (Å²) in [4.78, 5) is 72.5. The average molecular weight is 1050 g/mol. The maximum Gasteiger partial charge on any atom is 0.475 e. The number of esters is 1. The molecule has 2 saturated heterocycles. The first-order chi connectivity index (χ1) is 34.6. The van der Waals surface area contributed by atoms with E-state index in [4.69, 9.17) is 37.3 Å². The van der Waals surface area contributed by atoms with Gasteiger partial charge in [0.2, 0.25) is 5.79 Å². The molecule has 3 unspecified atom stereocenters. The Morgan fingerprint density at radius 3 is 2.18 bits per heavy atom. The van der Waals surface area contributed by atoms with Crippen LogP contribution >= 0.6 is 7.82 Å². The van der Waals surface area contributed by atoms with Crippen LogP contribution in [0.5, 0.6) is 0 Å². The van der Waals surface area contributed by atoms with E-state index in [0.717, 1.165) is 5.57 Å². The van der Waals surface area contributed by atoms with Crippen LogP contribution in [0.1, 0.15) is 139 Å². The van der Waals surface area contributed by atoms with Crippen molar-refractivity contribution in [3.05, 3.63) is 47.6 Å². The second-order valence-electron chi connectivity index (χ2n) is 20.9. The minimum absolute atomic E-state index is 0.00167. The summed E-state index contributed by atoms with van der Waals surface area (Å²) >= 11 is 0. The van der Waals surface area contributed by atoms with Gasteiger partial charge in [-0.15, -0.1) is 0 Å². The number of ether oxygens (including phenoxy) is 5. The molecule has 0 radical (unpaired) electrons. The summed E-state index contributed by atoms with van der Waals surface area (Å²) in [5, 5.41) is 23.5. The lowest BCUT2D eigenvalue weighted by molar-refractivity contribution is -0.265. The van der Waals surface area contributed by atoms with Crippen LogP contribution in [0.25, 0.3) is 0 Å². The fraction of sp³-hybridized carbons (Fsp3) is 0.764. The third-order valence-corrected chi connectivity index (χ3v) is 17.0. The number of cyclic esters (lactones) is 1. The third kappa shape index (κ3) is 17.1. The zero-order chi connectivity index (χ0) is 54.2. The molecule has 73 heavy (non-hydrogen) atoms. The number of rotatable bonds is 12. The fourth-order valence-electron chi connectivity index (χ4n) is 10.8. The number of hydrogen-bond donors (Lipinski definition) is 2. The van der Waals surface area contributed by atoms with E-state index in [9.17, 15) is 38.8 Å². The third-order valence-electron chi connectivity index (χ3n) is 15.3. The summed E-state index contributed by atoms with van der Waals surface area (Å²) in [5.74, 6) is -8.40. The first-order valence-electron chi connectivity index (χ1n) is 26.6. The summed E-state index contributed by atoms with van der Waals surface area (Å²) < 4.78 is 59.9. The Bertz CT molecular complexity index is 2010. The van der Waals surface area contributed by atoms with Crippen LogP contribution in [0.4, 0.5) is 0 Å². The van der Waals surface area contributed by atoms with Crippen LogP contribution in [0.3, 0.4) is 0 Å². The number of phosphoric ester groups is 1. The van der Waals surface area contributed by atoms with E-state index in [1.807, 2.05) is 51.2 Å². The van der Waals surface area contributed by atoms with Crippen LogP contribution in [0.15, 0.2) is 47.6 Å². The number of aliphatic hydroxyl groups is 2. The van der Waals surface area contributed by atoms with Crippen LogP contribution in [-0.2, 0) is 65.8 Å². The molecule has 2 bridgehead atoms. The molecule has 4 aliphatic rings. The minimum atomic E-state index is -3.84. The number of carbonyl (C=O) groups excluding carboxylic acids is 5. The van der Waals surface area contributed by atoms with Crippen molar-refractivity contribution >= 4 is 37.0 Å². The van der Waals surface area contributed by atoms with Crippen molar-refractivity contribution in [3.63, 3.8) is 0 Å². The smallest absolute Gasteiger partial charge is 0.460 e. The molecule has 3 aliphatic heterocycles. The zero-order valence-corrected chi connectivity index (χ0v) is 46.6. The van der Waals surface area contributed by atoms with E-state index >= 15 is 0 Å². The first kappa shape index (κ1) is 62.3. The number of piperidine rings is 1. The van der Waals surface area contributed by atoms with Crippen molar-refractivity contribution < 1.29 is 76.0 Å². The highest BCUT2D eigenvalue weighted by molar-refractivity contribution is 7.48. The molecule has 414 valence electrons. The normalized spacial score (nSPS) is 35.2. The van der Waals surface area contributed by atoms with Gasteiger partial charge >= 0.3 is 13.8 Å². The molecule has 2 N–H and O–H groups in total. The molecule has 17 nitrogen and oxygen atoms in total. The largest absolute Gasteiger partial charge is 0.475 e. The van der Waals surface area contributed by atoms with Crippen molar-refractivity contribution in [1.82, 2.24) is 4.90 Å². The maximum atomic E-state index is 14.6. The van der Waals surface area contributed by atoms with E-state index in [2.05, 4.69) is 0 Å². The van der Waals surface area contributed by atoms with E-state index in [0.29, 0.717) is 69.8 Å². The van der Waals surface area contributed by atoms with E-state index in [1.165, 1.54) is 12.0 Å². The molecule has 3 heterocycles. The molecule has 0 spiro atoms. The molecule has 0 aromatic rings. The van der Waals surface area contributed by atoms with Crippen molar-refractivity contribution in [3.8, 4) is 0 Å². The van der Waals surface area contributed by atoms with E-state index in [-0.39, 0.29) is 56.0 Å². The lowest BCUT2D eigenvalue weighted by atomic mass is 9.78. The molecule has 15 atom stereocenters. The van der Waals surface area contributed by atoms with Crippen LogP contribution in [0, 0.1) is 35.5 Å². The summed E-state index contributed by atoms with van der Waals surface area (Å²) in [6.45, 7) is 16.3. The van der Waals surface area contributed by atoms with Gasteiger partial charge in [-0.2, -0.15) is 0 Å². The minimum Gasteiger partial charge on any atom is -0.460 e. The number of hydrogen-bond acceptors (Lipinski definition) is 16. The van der Waals surface area contributed by atoms with Crippen molar-refractivity contribution in [1.29, 1.82) is 0 Å². The van der Waals surface area contributed by atoms with Gasteiger partial charge in [0, 0.05) is 58.5 Å². The van der Waals surface area contributed by atoms with Crippen molar-refractivity contribution in [2.45, 2.75) is 194 Å². The zero-order valence-electron chi connectivity index (χ0n) is 45.7. The molecule has 0 aromatic carbocycles. The van der Waals surface area contributed by atoms with Crippen LogP contribution in [0.2, 0.25) is 0 Å². The number of carbonyl (C=O) groups is 5. The highest BCUT2D eigenvalue weighted by Crippen LogP contribution is 2.53. The number of allylic oxidation sites excluding steroid dienone is 6. The van der Waals surface area contributed by atoms with E-state index < -0.39 is 104 Å². The summed E-state index contributed by atoms with van der Waals surface area (Å²) in [6.07, 6.45) is 10.3. The Balaban J connectivity index is 1.70. The average Bonchev–Trinajstić information content (AvgIpc) is 3.35. The van der Waals surface area contributed by atoms with Gasteiger partial charge < -0.3 is 38.8 Å². The fourth-order valence-corrected chi connectivity index (χ4v) is 12.2. The number of ketones is 3. The molecule has 0 aromatic heterocycles. The lowest BCUT2D eigenvalue weighted by Crippen LogP contribution is -2.61. The van der Waals surface area contributed by atoms with Gasteiger partial charge in [-0.05, 0) is 121 Å². The topological polar surface area (TPSA) is 220 Å². The SMILES string of the molecule is CCOP(=O)(OCC)O[C@@H]1CCC(C[C@@H](C)C2CC(=O)[C@H](C)C=C(C)[C@@H](O)[C@@H](OC)C(=O)[C@H](C)C[C@H](C)C=CC=CC=C(C)[C@@H](OC)C[C@@H]3CC[C@@H](C)[C@@](O)(O3)C(=O)C(=O)N3CCCCC3C(=O)O2)C[C@H]1OC. The van der Waals surface area contributed by atoms with Gasteiger partial charge in [-0.1, -0.05) is 71.1 Å². The number of aliphatic hydroxyl groups excluding tert-OH is 1. The van der Waals surface area contributed by atoms with Gasteiger partial charge in [0.1, 0.15) is 30.1 Å². The molecule has 1 aliphatic carbocycles. The Kier molecular flexibility index (Phi) is 25.0. The quantitative estimate of drug-likeness (QED) is 0.0811. The summed E-state index contributed by atoms with van der Waals surface area (Å²) in [6, 6.07) is -1.18. The van der Waals surface area contributed by atoms with Gasteiger partial charge in [0.15, 0.2) is 5.78 Å². The molecule has 4 rings (SSSR count). The molecule has 1 amide bonds. The van der Waals surface area contributed by atoms with Crippen LogP contribution < -0.4 is 0 Å². The van der Waals surface area contributed by atoms with Gasteiger partial charge in [0.05, 0.1) is 37.6 Å². The van der Waals surface area contributed by atoms with E-state index in [1.54, 1.807) is 61.8 Å². The predicted molar refractivity (Wildman–Crippen MR) is 275 cm³/mol. The predicted octanol–water partition coefficient (Wildman–Crippen LogP) is 8.39. The number of methoxy groups -OCH3 is 3. The Morgan fingerprint density at radius 1 is 0.836 bits per heavy atom. The monoisotopic (exact) mass is 1050 g/mol. The lowest BCUT2D eigenvalue weighted by Gasteiger charge is -2.42. The molecular formula is C55H88NO16P. The highest BCUT2D eigenvalue weighted by atomic mass is 31.2. The Labute approximate surface area is 434 Å². The summed E-state index contributed by atoms with van der Waals surface area (Å²) in [5.41, 5.74) is 1.23. The number of amides is 1. The number of fused-ring (bicyclic) bond motifs is 3. The Morgan fingerprint density at radius 2 is 1.53 bits per heavy atom. The van der Waals surface area contributed by atoms with Crippen molar-refractivity contribution in [2.75, 3.05) is 41.1 Å². The molecule has 18 heteroatoms. The number of Topliss-reactive ketones (excluding diaryl/α,β-unsaturated/α-hetero) is 3. The maximum absolute atomic E-state index is 14.6.